The number of methoxy groups -OCH3 is 1. The van der Waals surface area contributed by atoms with Crippen LogP contribution in [-0.2, 0) is 0 Å². The third-order valence-corrected chi connectivity index (χ3v) is 4.24. The summed E-state index contributed by atoms with van der Waals surface area (Å²) in [5.41, 5.74) is 0.886. The van der Waals surface area contributed by atoms with E-state index < -0.39 is 0 Å². The quantitative estimate of drug-likeness (QED) is 0.736. The van der Waals surface area contributed by atoms with Gasteiger partial charge in [-0.05, 0) is 25.0 Å². The molecule has 1 saturated heterocycles. The van der Waals surface area contributed by atoms with Crippen molar-refractivity contribution in [1.82, 2.24) is 24.6 Å². The van der Waals surface area contributed by atoms with Crippen molar-refractivity contribution in [2.75, 3.05) is 25.1 Å². The highest BCUT2D eigenvalue weighted by molar-refractivity contribution is 5.39. The second-order valence-electron chi connectivity index (χ2n) is 5.67. The van der Waals surface area contributed by atoms with Crippen LogP contribution in [0.2, 0.25) is 0 Å². The Bertz CT molecular complexity index is 817. The Balaban J connectivity index is 1.61. The van der Waals surface area contributed by atoms with Crippen molar-refractivity contribution in [3.8, 4) is 5.88 Å². The second-order valence-corrected chi connectivity index (χ2v) is 5.67. The highest BCUT2D eigenvalue weighted by Crippen LogP contribution is 2.28. The summed E-state index contributed by atoms with van der Waals surface area (Å²) < 4.78 is 7.27. The van der Waals surface area contributed by atoms with Crippen molar-refractivity contribution in [3.05, 3.63) is 42.5 Å². The standard InChI is InChI=1S/C16H18N6O/c1-23-14-7-8-17-16(18-14)21-9-4-5-12(11-21)15-20-19-13-6-2-3-10-22(13)15/h2-3,6-8,10,12H,4-5,9,11H2,1H3. The predicted octanol–water partition coefficient (Wildman–Crippen LogP) is 1.91. The number of ether oxygens (including phenoxy) is 1. The number of nitrogens with zero attached hydrogens (tertiary/aromatic N) is 6. The van der Waals surface area contributed by atoms with E-state index in [2.05, 4.69) is 29.5 Å². The van der Waals surface area contributed by atoms with Gasteiger partial charge in [-0.1, -0.05) is 6.07 Å². The van der Waals surface area contributed by atoms with Crippen molar-refractivity contribution in [3.63, 3.8) is 0 Å². The molecule has 3 aromatic rings. The highest BCUT2D eigenvalue weighted by atomic mass is 16.5. The molecule has 0 saturated carbocycles. The summed E-state index contributed by atoms with van der Waals surface area (Å²) in [5, 5.41) is 8.66. The molecule has 1 atom stereocenters. The lowest BCUT2D eigenvalue weighted by Gasteiger charge is -2.31. The molecule has 1 aliphatic heterocycles. The molecule has 0 aromatic carbocycles. The molecule has 4 heterocycles. The van der Waals surface area contributed by atoms with Crippen LogP contribution in [0.3, 0.4) is 0 Å². The number of pyridine rings is 1. The van der Waals surface area contributed by atoms with Crippen molar-refractivity contribution < 1.29 is 4.74 Å². The first-order valence-electron chi connectivity index (χ1n) is 7.77. The van der Waals surface area contributed by atoms with E-state index in [1.54, 1.807) is 19.4 Å². The topological polar surface area (TPSA) is 68.4 Å². The highest BCUT2D eigenvalue weighted by Gasteiger charge is 2.26. The Morgan fingerprint density at radius 3 is 3.09 bits per heavy atom. The minimum atomic E-state index is 0.316. The van der Waals surface area contributed by atoms with E-state index in [9.17, 15) is 0 Å². The summed E-state index contributed by atoms with van der Waals surface area (Å²) in [4.78, 5) is 11.0. The summed E-state index contributed by atoms with van der Waals surface area (Å²) in [6.07, 6.45) is 5.92. The van der Waals surface area contributed by atoms with E-state index in [4.69, 9.17) is 4.74 Å². The number of hydrogen-bond acceptors (Lipinski definition) is 6. The molecule has 0 amide bonds. The number of hydrogen-bond donors (Lipinski definition) is 0. The maximum atomic E-state index is 5.20. The Kier molecular flexibility index (Phi) is 3.53. The molecule has 7 heteroatoms. The number of anilines is 1. The van der Waals surface area contributed by atoms with Crippen LogP contribution < -0.4 is 9.64 Å². The van der Waals surface area contributed by atoms with Crippen LogP contribution in [0.5, 0.6) is 5.88 Å². The lowest BCUT2D eigenvalue weighted by Crippen LogP contribution is -2.36. The van der Waals surface area contributed by atoms with E-state index >= 15 is 0 Å². The maximum absolute atomic E-state index is 5.20. The monoisotopic (exact) mass is 310 g/mol. The van der Waals surface area contributed by atoms with Crippen molar-refractivity contribution in [2.45, 2.75) is 18.8 Å². The molecule has 3 aromatic heterocycles. The minimum Gasteiger partial charge on any atom is -0.481 e. The van der Waals surface area contributed by atoms with Gasteiger partial charge in [0.2, 0.25) is 11.8 Å². The first-order chi connectivity index (χ1) is 11.3. The summed E-state index contributed by atoms with van der Waals surface area (Å²) >= 11 is 0. The largest absolute Gasteiger partial charge is 0.481 e. The fourth-order valence-corrected chi connectivity index (χ4v) is 3.11. The van der Waals surface area contributed by atoms with E-state index in [-0.39, 0.29) is 0 Å². The van der Waals surface area contributed by atoms with Gasteiger partial charge in [-0.3, -0.25) is 4.40 Å². The van der Waals surface area contributed by atoms with E-state index in [0.717, 1.165) is 37.4 Å². The Morgan fingerprint density at radius 1 is 1.22 bits per heavy atom. The molecule has 118 valence electrons. The van der Waals surface area contributed by atoms with Crippen LogP contribution in [0, 0.1) is 0 Å². The zero-order chi connectivity index (χ0) is 15.6. The zero-order valence-electron chi connectivity index (χ0n) is 13.0. The molecule has 0 bridgehead atoms. The van der Waals surface area contributed by atoms with Crippen LogP contribution in [0.25, 0.3) is 5.65 Å². The fraction of sp³-hybridized carbons (Fsp3) is 0.375. The Morgan fingerprint density at radius 2 is 2.17 bits per heavy atom. The molecule has 23 heavy (non-hydrogen) atoms. The lowest BCUT2D eigenvalue weighted by atomic mass is 9.97. The van der Waals surface area contributed by atoms with Crippen LogP contribution in [-0.4, -0.2) is 44.8 Å². The van der Waals surface area contributed by atoms with Gasteiger partial charge in [0.1, 0.15) is 5.82 Å². The number of aromatic nitrogens is 5. The number of piperidine rings is 1. The lowest BCUT2D eigenvalue weighted by molar-refractivity contribution is 0.395. The van der Waals surface area contributed by atoms with Crippen LogP contribution in [0.1, 0.15) is 24.6 Å². The van der Waals surface area contributed by atoms with Gasteiger partial charge in [0, 0.05) is 37.5 Å². The first kappa shape index (κ1) is 13.9. The summed E-state index contributed by atoms with van der Waals surface area (Å²) in [6, 6.07) is 7.72. The van der Waals surface area contributed by atoms with Gasteiger partial charge in [0.25, 0.3) is 0 Å². The molecule has 0 N–H and O–H groups in total. The molecule has 1 aliphatic rings. The Labute approximate surface area is 134 Å². The zero-order valence-corrected chi connectivity index (χ0v) is 13.0. The summed E-state index contributed by atoms with van der Waals surface area (Å²) in [7, 11) is 1.62. The van der Waals surface area contributed by atoms with E-state index in [1.807, 2.05) is 24.4 Å². The van der Waals surface area contributed by atoms with Crippen LogP contribution in [0.4, 0.5) is 5.95 Å². The van der Waals surface area contributed by atoms with Crippen molar-refractivity contribution >= 4 is 11.6 Å². The predicted molar refractivity (Wildman–Crippen MR) is 85.8 cm³/mol. The SMILES string of the molecule is COc1ccnc(N2CCCC(c3nnc4ccccn34)C2)n1. The smallest absolute Gasteiger partial charge is 0.228 e. The number of fused-ring (bicyclic) bond motifs is 1. The third kappa shape index (κ3) is 2.58. The molecular formula is C16H18N6O. The van der Waals surface area contributed by atoms with Gasteiger partial charge < -0.3 is 9.64 Å². The second kappa shape index (κ2) is 5.83. The van der Waals surface area contributed by atoms with E-state index in [1.165, 1.54) is 0 Å². The van der Waals surface area contributed by atoms with Gasteiger partial charge in [0.15, 0.2) is 5.65 Å². The van der Waals surface area contributed by atoms with Gasteiger partial charge in [-0.15, -0.1) is 10.2 Å². The molecule has 0 spiro atoms. The summed E-state index contributed by atoms with van der Waals surface area (Å²) in [6.45, 7) is 1.78. The van der Waals surface area contributed by atoms with Crippen molar-refractivity contribution in [1.29, 1.82) is 0 Å². The molecule has 7 nitrogen and oxygen atoms in total. The third-order valence-electron chi connectivity index (χ3n) is 4.24. The average molecular weight is 310 g/mol. The molecule has 0 aliphatic carbocycles. The summed E-state index contributed by atoms with van der Waals surface area (Å²) in [5.74, 6) is 2.62. The molecular weight excluding hydrogens is 292 g/mol. The molecule has 4 rings (SSSR count). The first-order valence-corrected chi connectivity index (χ1v) is 7.77. The maximum Gasteiger partial charge on any atom is 0.228 e. The molecule has 0 radical (unpaired) electrons. The van der Waals surface area contributed by atoms with Crippen LogP contribution in [0.15, 0.2) is 36.7 Å². The Hall–Kier alpha value is -2.70. The average Bonchev–Trinajstić information content (AvgIpc) is 3.06. The molecule has 1 unspecified atom stereocenters. The van der Waals surface area contributed by atoms with Gasteiger partial charge >= 0.3 is 0 Å². The van der Waals surface area contributed by atoms with Crippen molar-refractivity contribution in [2.24, 2.45) is 0 Å². The fourth-order valence-electron chi connectivity index (χ4n) is 3.11. The van der Waals surface area contributed by atoms with Gasteiger partial charge in [-0.25, -0.2) is 4.98 Å². The van der Waals surface area contributed by atoms with Gasteiger partial charge in [0.05, 0.1) is 7.11 Å². The van der Waals surface area contributed by atoms with Gasteiger partial charge in [-0.2, -0.15) is 4.98 Å². The number of rotatable bonds is 3. The van der Waals surface area contributed by atoms with Crippen LogP contribution >= 0.6 is 0 Å². The van der Waals surface area contributed by atoms with E-state index in [0.29, 0.717) is 17.7 Å². The normalized spacial score (nSPS) is 18.3. The minimum absolute atomic E-state index is 0.316. The molecule has 1 fully saturated rings.